The molecule has 0 fully saturated rings. The lowest BCUT2D eigenvalue weighted by atomic mass is 10.2. The summed E-state index contributed by atoms with van der Waals surface area (Å²) in [7, 11) is 0. The number of hydrazone groups is 1. The number of aryl methyl sites for hydroxylation is 1. The first-order chi connectivity index (χ1) is 13.5. The molecule has 0 spiro atoms. The zero-order chi connectivity index (χ0) is 19.7. The number of rotatable bonds is 4. The molecule has 2 aromatic carbocycles. The summed E-state index contributed by atoms with van der Waals surface area (Å²) in [6.45, 7) is 4.27. The van der Waals surface area contributed by atoms with Crippen molar-refractivity contribution in [3.05, 3.63) is 74.6 Å². The Kier molecular flexibility index (Phi) is 5.08. The topological polar surface area (TPSA) is 64.8 Å². The molecule has 28 heavy (non-hydrogen) atoms. The van der Waals surface area contributed by atoms with E-state index in [9.17, 15) is 4.79 Å². The molecule has 6 nitrogen and oxygen atoms in total. The largest absolute Gasteiger partial charge is 0.454 e. The van der Waals surface area contributed by atoms with Crippen molar-refractivity contribution in [3.8, 4) is 17.2 Å². The normalized spacial score (nSPS) is 12.5. The SMILES string of the molecule is Cc1cc(/C=N\NC(=O)c2ccc3c(c2)OCO3)c(C)n1-c1ccccc1I. The molecule has 1 amide bonds. The van der Waals surface area contributed by atoms with E-state index in [0.717, 1.165) is 22.6 Å². The molecule has 0 saturated heterocycles. The molecule has 1 aliphatic heterocycles. The summed E-state index contributed by atoms with van der Waals surface area (Å²) < 4.78 is 13.9. The van der Waals surface area contributed by atoms with Gasteiger partial charge in [-0.15, -0.1) is 0 Å². The molecule has 0 saturated carbocycles. The Hall–Kier alpha value is -2.81. The van der Waals surface area contributed by atoms with Gasteiger partial charge < -0.3 is 14.0 Å². The minimum Gasteiger partial charge on any atom is -0.454 e. The number of aromatic nitrogens is 1. The van der Waals surface area contributed by atoms with E-state index in [2.05, 4.69) is 62.8 Å². The highest BCUT2D eigenvalue weighted by molar-refractivity contribution is 14.1. The molecular weight excluding hydrogens is 469 g/mol. The fourth-order valence-electron chi connectivity index (χ4n) is 3.18. The van der Waals surface area contributed by atoms with Crippen LogP contribution in [0.3, 0.4) is 0 Å². The second-order valence-corrected chi connectivity index (χ2v) is 7.54. The number of benzene rings is 2. The Morgan fingerprint density at radius 3 is 2.75 bits per heavy atom. The molecule has 2 heterocycles. The summed E-state index contributed by atoms with van der Waals surface area (Å²) in [5.41, 5.74) is 7.27. The average Bonchev–Trinajstić information content (AvgIpc) is 3.26. The second-order valence-electron chi connectivity index (χ2n) is 6.38. The maximum atomic E-state index is 12.3. The minimum atomic E-state index is -0.305. The Morgan fingerprint density at radius 2 is 1.93 bits per heavy atom. The molecule has 1 N–H and O–H groups in total. The van der Waals surface area contributed by atoms with Crippen molar-refractivity contribution in [2.45, 2.75) is 13.8 Å². The minimum absolute atomic E-state index is 0.175. The number of nitrogens with one attached hydrogen (secondary N) is 1. The first-order valence-corrected chi connectivity index (χ1v) is 9.79. The van der Waals surface area contributed by atoms with Crippen molar-refractivity contribution in [2.24, 2.45) is 5.10 Å². The second kappa shape index (κ2) is 7.67. The predicted octanol–water partition coefficient (Wildman–Crippen LogP) is 4.19. The van der Waals surface area contributed by atoms with Crippen molar-refractivity contribution in [3.63, 3.8) is 0 Å². The summed E-state index contributed by atoms with van der Waals surface area (Å²) >= 11 is 2.33. The van der Waals surface area contributed by atoms with Crippen LogP contribution in [0.5, 0.6) is 11.5 Å². The monoisotopic (exact) mass is 487 g/mol. The van der Waals surface area contributed by atoms with Crippen molar-refractivity contribution < 1.29 is 14.3 Å². The molecule has 4 rings (SSSR count). The van der Waals surface area contributed by atoms with Gasteiger partial charge in [-0.2, -0.15) is 5.10 Å². The van der Waals surface area contributed by atoms with Crippen LogP contribution in [0.2, 0.25) is 0 Å². The lowest BCUT2D eigenvalue weighted by molar-refractivity contribution is 0.0954. The summed E-state index contributed by atoms with van der Waals surface area (Å²) in [5, 5.41) is 4.13. The molecule has 0 radical (unpaired) electrons. The van der Waals surface area contributed by atoms with Crippen LogP contribution in [-0.2, 0) is 0 Å². The highest BCUT2D eigenvalue weighted by Gasteiger charge is 2.16. The van der Waals surface area contributed by atoms with E-state index in [1.807, 2.05) is 19.1 Å². The molecule has 1 aliphatic rings. The van der Waals surface area contributed by atoms with Crippen LogP contribution in [0.25, 0.3) is 5.69 Å². The van der Waals surface area contributed by atoms with Gasteiger partial charge in [-0.1, -0.05) is 12.1 Å². The Balaban J connectivity index is 1.52. The maximum absolute atomic E-state index is 12.3. The Morgan fingerprint density at radius 1 is 1.14 bits per heavy atom. The third-order valence-corrected chi connectivity index (χ3v) is 5.48. The lowest BCUT2D eigenvalue weighted by Gasteiger charge is -2.11. The number of para-hydroxylation sites is 1. The van der Waals surface area contributed by atoms with Gasteiger partial charge in [-0.3, -0.25) is 4.79 Å². The van der Waals surface area contributed by atoms with Gasteiger partial charge in [0.1, 0.15) is 0 Å². The number of ether oxygens (including phenoxy) is 2. The third-order valence-electron chi connectivity index (χ3n) is 4.57. The van der Waals surface area contributed by atoms with Gasteiger partial charge in [0.15, 0.2) is 11.5 Å². The van der Waals surface area contributed by atoms with Crippen LogP contribution in [-0.4, -0.2) is 23.5 Å². The van der Waals surface area contributed by atoms with Crippen molar-refractivity contribution >= 4 is 34.7 Å². The predicted molar refractivity (Wildman–Crippen MR) is 116 cm³/mol. The van der Waals surface area contributed by atoms with Gasteiger partial charge in [-0.05, 0) is 72.8 Å². The van der Waals surface area contributed by atoms with Crippen molar-refractivity contribution in [1.29, 1.82) is 0 Å². The number of amides is 1. The van der Waals surface area contributed by atoms with Gasteiger partial charge in [0, 0.05) is 26.1 Å². The molecule has 7 heteroatoms. The molecule has 1 aromatic heterocycles. The third kappa shape index (κ3) is 3.49. The highest BCUT2D eigenvalue weighted by Crippen LogP contribution is 2.32. The highest BCUT2D eigenvalue weighted by atomic mass is 127. The molecule has 142 valence electrons. The number of nitrogens with zero attached hydrogens (tertiary/aromatic N) is 2. The number of hydrogen-bond donors (Lipinski definition) is 1. The fourth-order valence-corrected chi connectivity index (χ4v) is 3.81. The van der Waals surface area contributed by atoms with Crippen LogP contribution in [0, 0.1) is 17.4 Å². The van der Waals surface area contributed by atoms with Crippen LogP contribution in [0.4, 0.5) is 0 Å². The fraction of sp³-hybridized carbons (Fsp3) is 0.143. The van der Waals surface area contributed by atoms with Crippen molar-refractivity contribution in [1.82, 2.24) is 9.99 Å². The average molecular weight is 487 g/mol. The first-order valence-electron chi connectivity index (χ1n) is 8.71. The van der Waals surface area contributed by atoms with E-state index >= 15 is 0 Å². The first kappa shape index (κ1) is 18.5. The zero-order valence-corrected chi connectivity index (χ0v) is 17.6. The van der Waals surface area contributed by atoms with E-state index in [1.54, 1.807) is 24.4 Å². The summed E-state index contributed by atoms with van der Waals surface area (Å²) in [5.74, 6) is 0.904. The molecule has 0 unspecified atom stereocenters. The number of carbonyl (C=O) groups excluding carboxylic acids is 1. The maximum Gasteiger partial charge on any atom is 0.271 e. The zero-order valence-electron chi connectivity index (χ0n) is 15.4. The lowest BCUT2D eigenvalue weighted by Crippen LogP contribution is -2.17. The van der Waals surface area contributed by atoms with E-state index < -0.39 is 0 Å². The summed E-state index contributed by atoms with van der Waals surface area (Å²) in [6, 6.07) is 15.3. The van der Waals surface area contributed by atoms with E-state index in [1.165, 1.54) is 3.57 Å². The van der Waals surface area contributed by atoms with Crippen LogP contribution in [0.1, 0.15) is 27.3 Å². The Bertz CT molecular complexity index is 1090. The van der Waals surface area contributed by atoms with Gasteiger partial charge in [-0.25, -0.2) is 5.43 Å². The molecular formula is C21H18IN3O3. The van der Waals surface area contributed by atoms with Crippen LogP contribution < -0.4 is 14.9 Å². The van der Waals surface area contributed by atoms with Gasteiger partial charge in [0.2, 0.25) is 6.79 Å². The smallest absolute Gasteiger partial charge is 0.271 e. The quantitative estimate of drug-likeness (QED) is 0.341. The van der Waals surface area contributed by atoms with Crippen LogP contribution in [0.15, 0.2) is 53.6 Å². The molecule has 0 aliphatic carbocycles. The Labute approximate surface area is 176 Å². The standard InChI is InChI=1S/C21H18IN3O3/c1-13-9-16(14(2)25(13)18-6-4-3-5-17(18)22)11-23-24-21(26)15-7-8-19-20(10-15)28-12-27-19/h3-11H,12H2,1-2H3,(H,24,26)/b23-11-. The number of halogens is 1. The number of carbonyl (C=O) groups is 1. The van der Waals surface area contributed by atoms with E-state index in [4.69, 9.17) is 9.47 Å². The van der Waals surface area contributed by atoms with Gasteiger partial charge in [0.25, 0.3) is 5.91 Å². The number of fused-ring (bicyclic) bond motifs is 1. The van der Waals surface area contributed by atoms with E-state index in [0.29, 0.717) is 17.1 Å². The summed E-state index contributed by atoms with van der Waals surface area (Å²) in [4.78, 5) is 12.3. The van der Waals surface area contributed by atoms with E-state index in [-0.39, 0.29) is 12.7 Å². The van der Waals surface area contributed by atoms with Crippen LogP contribution >= 0.6 is 22.6 Å². The van der Waals surface area contributed by atoms with Crippen molar-refractivity contribution in [2.75, 3.05) is 6.79 Å². The van der Waals surface area contributed by atoms with Gasteiger partial charge in [0.05, 0.1) is 11.9 Å². The summed E-state index contributed by atoms with van der Waals surface area (Å²) in [6.07, 6.45) is 1.67. The molecule has 3 aromatic rings. The molecule has 0 atom stereocenters. The van der Waals surface area contributed by atoms with Gasteiger partial charge >= 0.3 is 0 Å². The number of hydrogen-bond acceptors (Lipinski definition) is 4. The molecule has 0 bridgehead atoms.